The number of carbonyl (C=O) groups excluding carboxylic acids is 1. The first-order valence-corrected chi connectivity index (χ1v) is 4.57. The number of hydrogen-bond acceptors (Lipinski definition) is 3. The third kappa shape index (κ3) is 6.31. The van der Waals surface area contributed by atoms with Gasteiger partial charge in [-0.1, -0.05) is 6.92 Å². The van der Waals surface area contributed by atoms with Crippen LogP contribution in [0.25, 0.3) is 0 Å². The monoisotopic (exact) mass is 172 g/mol. The Bertz CT molecular complexity index is 126. The molecule has 72 valence electrons. The van der Waals surface area contributed by atoms with E-state index in [-0.39, 0.29) is 5.78 Å². The first kappa shape index (κ1) is 11.6. The summed E-state index contributed by atoms with van der Waals surface area (Å²) in [6.45, 7) is 7.29. The van der Waals surface area contributed by atoms with Crippen LogP contribution in [0.15, 0.2) is 0 Å². The summed E-state index contributed by atoms with van der Waals surface area (Å²) in [5, 5.41) is 3.08. The first-order chi connectivity index (χ1) is 5.70. The van der Waals surface area contributed by atoms with E-state index in [9.17, 15) is 4.79 Å². The van der Waals surface area contributed by atoms with E-state index < -0.39 is 0 Å². The van der Waals surface area contributed by atoms with E-state index in [0.29, 0.717) is 6.54 Å². The van der Waals surface area contributed by atoms with Crippen molar-refractivity contribution in [3.05, 3.63) is 0 Å². The number of carbonyl (C=O) groups is 1. The van der Waals surface area contributed by atoms with E-state index >= 15 is 0 Å². The molecular formula is C9H20N2O. The third-order valence-electron chi connectivity index (χ3n) is 1.66. The van der Waals surface area contributed by atoms with Gasteiger partial charge in [0, 0.05) is 13.1 Å². The SMILES string of the molecule is CCCN(CCNC)CC(C)=O. The normalized spacial score (nSPS) is 10.7. The van der Waals surface area contributed by atoms with Gasteiger partial charge in [-0.2, -0.15) is 0 Å². The van der Waals surface area contributed by atoms with Gasteiger partial charge in [0.1, 0.15) is 5.78 Å². The molecule has 0 aliphatic rings. The zero-order chi connectivity index (χ0) is 9.40. The van der Waals surface area contributed by atoms with Crippen molar-refractivity contribution in [3.63, 3.8) is 0 Å². The highest BCUT2D eigenvalue weighted by Crippen LogP contribution is 1.90. The fourth-order valence-electron chi connectivity index (χ4n) is 1.17. The molecule has 1 N–H and O–H groups in total. The van der Waals surface area contributed by atoms with Gasteiger partial charge in [0.15, 0.2) is 0 Å². The lowest BCUT2D eigenvalue weighted by molar-refractivity contribution is -0.118. The lowest BCUT2D eigenvalue weighted by Crippen LogP contribution is -2.34. The maximum Gasteiger partial charge on any atom is 0.143 e. The minimum absolute atomic E-state index is 0.250. The van der Waals surface area contributed by atoms with Gasteiger partial charge in [-0.25, -0.2) is 0 Å². The molecule has 3 nitrogen and oxygen atoms in total. The van der Waals surface area contributed by atoms with Crippen molar-refractivity contribution in [2.75, 3.05) is 33.2 Å². The van der Waals surface area contributed by atoms with E-state index in [0.717, 1.165) is 26.1 Å². The zero-order valence-corrected chi connectivity index (χ0v) is 8.39. The van der Waals surface area contributed by atoms with E-state index in [4.69, 9.17) is 0 Å². The minimum atomic E-state index is 0.250. The topological polar surface area (TPSA) is 32.3 Å². The van der Waals surface area contributed by atoms with Gasteiger partial charge in [-0.15, -0.1) is 0 Å². The molecule has 12 heavy (non-hydrogen) atoms. The number of ketones is 1. The van der Waals surface area contributed by atoms with E-state index in [1.165, 1.54) is 0 Å². The van der Waals surface area contributed by atoms with Gasteiger partial charge in [-0.3, -0.25) is 9.69 Å². The van der Waals surface area contributed by atoms with E-state index in [1.54, 1.807) is 6.92 Å². The first-order valence-electron chi connectivity index (χ1n) is 4.57. The van der Waals surface area contributed by atoms with Gasteiger partial charge in [0.2, 0.25) is 0 Å². The summed E-state index contributed by atoms with van der Waals surface area (Å²) in [7, 11) is 1.93. The molecule has 0 unspecified atom stereocenters. The largest absolute Gasteiger partial charge is 0.318 e. The molecule has 0 aromatic carbocycles. The average molecular weight is 172 g/mol. The number of likely N-dealkylation sites (N-methyl/N-ethyl adjacent to an activating group) is 1. The van der Waals surface area contributed by atoms with Crippen molar-refractivity contribution in [2.24, 2.45) is 0 Å². The molecule has 3 heteroatoms. The van der Waals surface area contributed by atoms with Crippen LogP contribution in [0.4, 0.5) is 0 Å². The molecule has 0 aromatic rings. The van der Waals surface area contributed by atoms with Gasteiger partial charge in [0.25, 0.3) is 0 Å². The second-order valence-corrected chi connectivity index (χ2v) is 3.08. The number of rotatable bonds is 7. The molecule has 0 fully saturated rings. The molecule has 0 saturated carbocycles. The van der Waals surface area contributed by atoms with Crippen LogP contribution in [0, 0.1) is 0 Å². The fraction of sp³-hybridized carbons (Fsp3) is 0.889. The molecule has 0 aliphatic heterocycles. The molecular weight excluding hydrogens is 152 g/mol. The van der Waals surface area contributed by atoms with Crippen molar-refractivity contribution in [3.8, 4) is 0 Å². The maximum absolute atomic E-state index is 10.8. The molecule has 0 amide bonds. The Morgan fingerprint density at radius 2 is 2.08 bits per heavy atom. The Kier molecular flexibility index (Phi) is 7.00. The third-order valence-corrected chi connectivity index (χ3v) is 1.66. The molecule has 0 spiro atoms. The summed E-state index contributed by atoms with van der Waals surface area (Å²) in [5.41, 5.74) is 0. The zero-order valence-electron chi connectivity index (χ0n) is 8.39. The predicted octanol–water partition coefficient (Wildman–Crippen LogP) is 0.507. The summed E-state index contributed by atoms with van der Waals surface area (Å²) < 4.78 is 0. The predicted molar refractivity (Wildman–Crippen MR) is 51.3 cm³/mol. The molecule has 0 aliphatic carbocycles. The summed E-state index contributed by atoms with van der Waals surface area (Å²) in [6, 6.07) is 0. The number of nitrogens with one attached hydrogen (secondary N) is 1. The highest BCUT2D eigenvalue weighted by atomic mass is 16.1. The van der Waals surface area contributed by atoms with E-state index in [1.807, 2.05) is 7.05 Å². The average Bonchev–Trinajstić information content (AvgIpc) is 2.00. The highest BCUT2D eigenvalue weighted by Gasteiger charge is 2.04. The van der Waals surface area contributed by atoms with Crippen molar-refractivity contribution < 1.29 is 4.79 Å². The number of nitrogens with zero attached hydrogens (tertiary/aromatic N) is 1. The molecule has 0 heterocycles. The molecule has 0 atom stereocenters. The van der Waals surface area contributed by atoms with E-state index in [2.05, 4.69) is 17.1 Å². The van der Waals surface area contributed by atoms with Crippen LogP contribution in [0.1, 0.15) is 20.3 Å². The lowest BCUT2D eigenvalue weighted by Gasteiger charge is -2.19. The highest BCUT2D eigenvalue weighted by molar-refractivity contribution is 5.77. The van der Waals surface area contributed by atoms with Crippen molar-refractivity contribution in [2.45, 2.75) is 20.3 Å². The van der Waals surface area contributed by atoms with Crippen molar-refractivity contribution in [1.29, 1.82) is 0 Å². The molecule has 0 radical (unpaired) electrons. The van der Waals surface area contributed by atoms with Crippen LogP contribution in [0.3, 0.4) is 0 Å². The van der Waals surface area contributed by atoms with Gasteiger partial charge in [0.05, 0.1) is 6.54 Å². The Labute approximate surface area is 75.1 Å². The van der Waals surface area contributed by atoms with Crippen molar-refractivity contribution in [1.82, 2.24) is 10.2 Å². The van der Waals surface area contributed by atoms with Gasteiger partial charge >= 0.3 is 0 Å². The van der Waals surface area contributed by atoms with Crippen LogP contribution in [0.5, 0.6) is 0 Å². The summed E-state index contributed by atoms with van der Waals surface area (Å²) >= 11 is 0. The second-order valence-electron chi connectivity index (χ2n) is 3.08. The van der Waals surface area contributed by atoms with Gasteiger partial charge in [-0.05, 0) is 26.9 Å². The quantitative estimate of drug-likeness (QED) is 0.607. The van der Waals surface area contributed by atoms with Crippen LogP contribution in [0.2, 0.25) is 0 Å². The molecule has 0 saturated heterocycles. The Balaban J connectivity index is 3.61. The van der Waals surface area contributed by atoms with Crippen molar-refractivity contribution >= 4 is 5.78 Å². The summed E-state index contributed by atoms with van der Waals surface area (Å²) in [6.07, 6.45) is 1.11. The summed E-state index contributed by atoms with van der Waals surface area (Å²) in [5.74, 6) is 0.250. The Morgan fingerprint density at radius 1 is 1.42 bits per heavy atom. The minimum Gasteiger partial charge on any atom is -0.318 e. The van der Waals surface area contributed by atoms with Crippen LogP contribution < -0.4 is 5.32 Å². The maximum atomic E-state index is 10.8. The fourth-order valence-corrected chi connectivity index (χ4v) is 1.17. The smallest absolute Gasteiger partial charge is 0.143 e. The Morgan fingerprint density at radius 3 is 2.50 bits per heavy atom. The van der Waals surface area contributed by atoms with Crippen LogP contribution >= 0.6 is 0 Å². The lowest BCUT2D eigenvalue weighted by atomic mass is 10.3. The Hall–Kier alpha value is -0.410. The number of Topliss-reactive ketones (excluding diaryl/α,β-unsaturated/α-hetero) is 1. The van der Waals surface area contributed by atoms with Gasteiger partial charge < -0.3 is 5.32 Å². The second kappa shape index (κ2) is 7.25. The molecule has 0 bridgehead atoms. The number of hydrogen-bond donors (Lipinski definition) is 1. The molecule has 0 aromatic heterocycles. The summed E-state index contributed by atoms with van der Waals surface area (Å²) in [4.78, 5) is 13.0. The standard InChI is InChI=1S/C9H20N2O/c1-4-6-11(7-5-10-3)8-9(2)12/h10H,4-8H2,1-3H3. The molecule has 0 rings (SSSR count). The van der Waals surface area contributed by atoms with Crippen LogP contribution in [-0.2, 0) is 4.79 Å². The van der Waals surface area contributed by atoms with Crippen LogP contribution in [-0.4, -0.2) is 43.9 Å².